The van der Waals surface area contributed by atoms with Gasteiger partial charge in [-0.15, -0.1) is 0 Å². The van der Waals surface area contributed by atoms with Gasteiger partial charge in [-0.1, -0.05) is 36.0 Å². The molecular weight excluding hydrogens is 278 g/mol. The monoisotopic (exact) mass is 295 g/mol. The third kappa shape index (κ3) is 4.42. The topological polar surface area (TPSA) is 76.7 Å². The van der Waals surface area contributed by atoms with E-state index in [2.05, 4.69) is 10.5 Å². The van der Waals surface area contributed by atoms with E-state index >= 15 is 0 Å². The summed E-state index contributed by atoms with van der Waals surface area (Å²) >= 11 is 5.78. The standard InChI is InChI=1S/C14H18ClN3O2/c15-11-8-6-10(7-9-11)13(16)18-20-14(19)17-12-4-2-1-3-5-12/h6-9,12H,1-5H2,(H2,16,18)(H,17,19). The summed E-state index contributed by atoms with van der Waals surface area (Å²) in [4.78, 5) is 16.4. The SMILES string of the molecule is NC(=NOC(=O)NC1CCCCC1)c1ccc(Cl)cc1. The fraction of sp³-hybridized carbons (Fsp3) is 0.429. The molecule has 0 saturated heterocycles. The van der Waals surface area contributed by atoms with Gasteiger partial charge in [-0.05, 0) is 37.1 Å². The van der Waals surface area contributed by atoms with Gasteiger partial charge in [-0.3, -0.25) is 4.84 Å². The molecule has 1 saturated carbocycles. The van der Waals surface area contributed by atoms with Gasteiger partial charge in [0.05, 0.1) is 0 Å². The lowest BCUT2D eigenvalue weighted by molar-refractivity contribution is 0.143. The van der Waals surface area contributed by atoms with Crippen molar-refractivity contribution in [2.24, 2.45) is 10.9 Å². The van der Waals surface area contributed by atoms with Gasteiger partial charge in [0.2, 0.25) is 0 Å². The summed E-state index contributed by atoms with van der Waals surface area (Å²) in [6.07, 6.45) is 4.93. The summed E-state index contributed by atoms with van der Waals surface area (Å²) in [7, 11) is 0. The molecule has 0 unspecified atom stereocenters. The molecule has 0 spiro atoms. The highest BCUT2D eigenvalue weighted by atomic mass is 35.5. The van der Waals surface area contributed by atoms with Crippen molar-refractivity contribution in [3.05, 3.63) is 34.9 Å². The molecule has 1 aromatic carbocycles. The summed E-state index contributed by atoms with van der Waals surface area (Å²) < 4.78 is 0. The van der Waals surface area contributed by atoms with E-state index in [1.165, 1.54) is 6.42 Å². The molecule has 3 N–H and O–H groups in total. The lowest BCUT2D eigenvalue weighted by atomic mass is 9.96. The Morgan fingerprint density at radius 3 is 2.55 bits per heavy atom. The third-order valence-electron chi connectivity index (χ3n) is 3.29. The number of hydrogen-bond acceptors (Lipinski definition) is 3. The summed E-state index contributed by atoms with van der Waals surface area (Å²) in [5.74, 6) is 0.139. The van der Waals surface area contributed by atoms with Crippen LogP contribution in [0.3, 0.4) is 0 Å². The lowest BCUT2D eigenvalue weighted by Gasteiger charge is -2.21. The van der Waals surface area contributed by atoms with E-state index in [1.807, 2.05) is 0 Å². The number of oxime groups is 1. The van der Waals surface area contributed by atoms with Gasteiger partial charge in [0.25, 0.3) is 0 Å². The van der Waals surface area contributed by atoms with Gasteiger partial charge < -0.3 is 11.1 Å². The number of hydrogen-bond donors (Lipinski definition) is 2. The molecule has 1 aromatic rings. The zero-order chi connectivity index (χ0) is 14.4. The molecule has 0 aliphatic heterocycles. The van der Waals surface area contributed by atoms with Crippen molar-refractivity contribution in [2.75, 3.05) is 0 Å². The van der Waals surface area contributed by atoms with Gasteiger partial charge in [-0.2, -0.15) is 0 Å². The Morgan fingerprint density at radius 1 is 1.25 bits per heavy atom. The third-order valence-corrected chi connectivity index (χ3v) is 3.55. The van der Waals surface area contributed by atoms with E-state index < -0.39 is 6.09 Å². The minimum absolute atomic E-state index is 0.139. The van der Waals surface area contributed by atoms with Crippen LogP contribution < -0.4 is 11.1 Å². The van der Waals surface area contributed by atoms with Crippen LogP contribution in [0.5, 0.6) is 0 Å². The largest absolute Gasteiger partial charge is 0.433 e. The van der Waals surface area contributed by atoms with Crippen molar-refractivity contribution in [3.8, 4) is 0 Å². The van der Waals surface area contributed by atoms with Crippen LogP contribution in [0.25, 0.3) is 0 Å². The fourth-order valence-electron chi connectivity index (χ4n) is 2.20. The second kappa shape index (κ2) is 7.14. The highest BCUT2D eigenvalue weighted by Crippen LogP contribution is 2.17. The molecule has 1 amide bonds. The summed E-state index contributed by atoms with van der Waals surface area (Å²) in [5, 5.41) is 7.03. The van der Waals surface area contributed by atoms with Crippen LogP contribution in [0.15, 0.2) is 29.4 Å². The van der Waals surface area contributed by atoms with Crippen LogP contribution in [0, 0.1) is 0 Å². The zero-order valence-corrected chi connectivity index (χ0v) is 11.9. The van der Waals surface area contributed by atoms with E-state index in [4.69, 9.17) is 22.2 Å². The number of rotatable bonds is 3. The zero-order valence-electron chi connectivity index (χ0n) is 11.1. The molecule has 108 valence electrons. The Balaban J connectivity index is 1.84. The molecule has 6 heteroatoms. The highest BCUT2D eigenvalue weighted by Gasteiger charge is 2.16. The number of carbonyl (C=O) groups is 1. The van der Waals surface area contributed by atoms with Crippen LogP contribution in [-0.2, 0) is 4.84 Å². The predicted octanol–water partition coefficient (Wildman–Crippen LogP) is 3.02. The van der Waals surface area contributed by atoms with E-state index in [-0.39, 0.29) is 11.9 Å². The quantitative estimate of drug-likeness (QED) is 0.389. The average Bonchev–Trinajstić information content (AvgIpc) is 2.46. The maximum absolute atomic E-state index is 11.6. The first-order chi connectivity index (χ1) is 9.65. The van der Waals surface area contributed by atoms with Gasteiger partial charge in [-0.25, -0.2) is 4.79 Å². The molecule has 2 rings (SSSR count). The number of nitrogens with one attached hydrogen (secondary N) is 1. The number of amidine groups is 1. The average molecular weight is 296 g/mol. The van der Waals surface area contributed by atoms with Crippen molar-refractivity contribution < 1.29 is 9.63 Å². The Hall–Kier alpha value is -1.75. The molecule has 1 aliphatic carbocycles. The van der Waals surface area contributed by atoms with Crippen molar-refractivity contribution in [1.29, 1.82) is 0 Å². The Kier molecular flexibility index (Phi) is 5.24. The smallest absolute Gasteiger partial charge is 0.380 e. The summed E-state index contributed by atoms with van der Waals surface area (Å²) in [6, 6.07) is 7.00. The molecule has 0 atom stereocenters. The first-order valence-electron chi connectivity index (χ1n) is 6.72. The van der Waals surface area contributed by atoms with Crippen LogP contribution in [0.1, 0.15) is 37.7 Å². The Morgan fingerprint density at radius 2 is 1.90 bits per heavy atom. The van der Waals surface area contributed by atoms with E-state index in [1.54, 1.807) is 24.3 Å². The van der Waals surface area contributed by atoms with Crippen LogP contribution in [0.4, 0.5) is 4.79 Å². The van der Waals surface area contributed by atoms with Gasteiger partial charge in [0, 0.05) is 16.6 Å². The number of halogens is 1. The molecule has 1 aliphatic rings. The van der Waals surface area contributed by atoms with Crippen molar-refractivity contribution in [1.82, 2.24) is 5.32 Å². The van der Waals surface area contributed by atoms with E-state index in [0.717, 1.165) is 25.7 Å². The molecular formula is C14H18ClN3O2. The predicted molar refractivity (Wildman–Crippen MR) is 78.7 cm³/mol. The second-order valence-corrected chi connectivity index (χ2v) is 5.28. The van der Waals surface area contributed by atoms with Crippen molar-refractivity contribution >= 4 is 23.5 Å². The molecule has 20 heavy (non-hydrogen) atoms. The van der Waals surface area contributed by atoms with E-state index in [0.29, 0.717) is 10.6 Å². The maximum Gasteiger partial charge on any atom is 0.433 e. The Bertz CT molecular complexity index is 482. The molecule has 0 radical (unpaired) electrons. The number of nitrogens with two attached hydrogens (primary N) is 1. The van der Waals surface area contributed by atoms with Crippen molar-refractivity contribution in [3.63, 3.8) is 0 Å². The highest BCUT2D eigenvalue weighted by molar-refractivity contribution is 6.30. The number of amides is 1. The summed E-state index contributed by atoms with van der Waals surface area (Å²) in [6.45, 7) is 0. The normalized spacial score (nSPS) is 16.8. The van der Waals surface area contributed by atoms with Gasteiger partial charge in [0.1, 0.15) is 0 Å². The van der Waals surface area contributed by atoms with Crippen LogP contribution in [-0.4, -0.2) is 18.0 Å². The fourth-order valence-corrected chi connectivity index (χ4v) is 2.33. The van der Waals surface area contributed by atoms with E-state index in [9.17, 15) is 4.79 Å². The molecule has 0 heterocycles. The minimum Gasteiger partial charge on any atom is -0.380 e. The summed E-state index contributed by atoms with van der Waals surface area (Å²) in [5.41, 5.74) is 6.38. The van der Waals surface area contributed by atoms with Gasteiger partial charge >= 0.3 is 6.09 Å². The first kappa shape index (κ1) is 14.7. The minimum atomic E-state index is -0.561. The molecule has 0 aromatic heterocycles. The second-order valence-electron chi connectivity index (χ2n) is 4.84. The lowest BCUT2D eigenvalue weighted by Crippen LogP contribution is -2.36. The molecule has 1 fully saturated rings. The number of nitrogens with zero attached hydrogens (tertiary/aromatic N) is 1. The van der Waals surface area contributed by atoms with Crippen LogP contribution >= 0.6 is 11.6 Å². The van der Waals surface area contributed by atoms with Crippen molar-refractivity contribution in [2.45, 2.75) is 38.1 Å². The van der Waals surface area contributed by atoms with Gasteiger partial charge in [0.15, 0.2) is 5.84 Å². The molecule has 5 nitrogen and oxygen atoms in total. The Labute approximate surface area is 123 Å². The number of benzene rings is 1. The first-order valence-corrected chi connectivity index (χ1v) is 7.10. The maximum atomic E-state index is 11.6. The molecule has 0 bridgehead atoms. The number of carbonyl (C=O) groups excluding carboxylic acids is 1. The van der Waals surface area contributed by atoms with Crippen LogP contribution in [0.2, 0.25) is 5.02 Å².